The van der Waals surface area contributed by atoms with Crippen molar-refractivity contribution >= 4 is 11.9 Å². The quantitative estimate of drug-likeness (QED) is 0.679. The first-order chi connectivity index (χ1) is 7.59. The number of phenolic OH excluding ortho intramolecular Hbond substituents is 1. The molecule has 0 unspecified atom stereocenters. The molecule has 1 amide bonds. The summed E-state index contributed by atoms with van der Waals surface area (Å²) in [5.41, 5.74) is 0.523. The molecule has 0 heterocycles. The molecule has 1 aromatic carbocycles. The Morgan fingerprint density at radius 3 is 2.56 bits per heavy atom. The van der Waals surface area contributed by atoms with Crippen molar-refractivity contribution in [1.29, 1.82) is 0 Å². The maximum atomic E-state index is 11.3. The molecule has 0 saturated heterocycles. The molecule has 0 fully saturated rings. The molecule has 0 saturated carbocycles. The lowest BCUT2D eigenvalue weighted by atomic mass is 10.1. The number of hydrogen-bond donors (Lipinski definition) is 3. The Hall–Kier alpha value is -2.04. The van der Waals surface area contributed by atoms with Crippen LogP contribution in [0, 0.1) is 0 Å². The van der Waals surface area contributed by atoms with Crippen LogP contribution in [0.15, 0.2) is 24.3 Å². The molecular weight excluding hydrogens is 210 g/mol. The average molecular weight is 223 g/mol. The molecule has 0 spiro atoms. The zero-order valence-electron chi connectivity index (χ0n) is 8.64. The molecule has 1 rings (SSSR count). The molecule has 0 radical (unpaired) electrons. The van der Waals surface area contributed by atoms with Crippen LogP contribution in [0.5, 0.6) is 5.75 Å². The number of nitrogens with one attached hydrogen (secondary N) is 1. The van der Waals surface area contributed by atoms with Crippen LogP contribution in [0.2, 0.25) is 0 Å². The number of carbonyl (C=O) groups excluding carboxylic acids is 1. The first-order valence-corrected chi connectivity index (χ1v) is 4.85. The van der Waals surface area contributed by atoms with E-state index >= 15 is 0 Å². The maximum absolute atomic E-state index is 11.3. The number of carbonyl (C=O) groups is 2. The standard InChI is InChI=1S/C11H13NO4/c13-9-4-2-1-3-8(9)7-10(14)12-6-5-11(15)16/h1-4,13H,5-7H2,(H,12,14)(H,15,16). The summed E-state index contributed by atoms with van der Waals surface area (Å²) in [7, 11) is 0. The second kappa shape index (κ2) is 5.75. The van der Waals surface area contributed by atoms with Gasteiger partial charge in [-0.2, -0.15) is 0 Å². The lowest BCUT2D eigenvalue weighted by Gasteiger charge is -2.05. The highest BCUT2D eigenvalue weighted by molar-refractivity contribution is 5.79. The highest BCUT2D eigenvalue weighted by Gasteiger charge is 2.06. The van der Waals surface area contributed by atoms with Gasteiger partial charge in [-0.25, -0.2) is 0 Å². The number of para-hydroxylation sites is 1. The van der Waals surface area contributed by atoms with Crippen molar-refractivity contribution in [2.45, 2.75) is 12.8 Å². The van der Waals surface area contributed by atoms with Gasteiger partial charge in [0.25, 0.3) is 0 Å². The summed E-state index contributed by atoms with van der Waals surface area (Å²) >= 11 is 0. The Morgan fingerprint density at radius 2 is 1.94 bits per heavy atom. The van der Waals surface area contributed by atoms with Crippen LogP contribution in [0.25, 0.3) is 0 Å². The molecule has 0 aliphatic heterocycles. The van der Waals surface area contributed by atoms with E-state index in [1.165, 1.54) is 6.07 Å². The van der Waals surface area contributed by atoms with Crippen LogP contribution in [0.3, 0.4) is 0 Å². The summed E-state index contributed by atoms with van der Waals surface area (Å²) in [5, 5.41) is 20.2. The normalized spacial score (nSPS) is 9.75. The van der Waals surface area contributed by atoms with Gasteiger partial charge >= 0.3 is 5.97 Å². The summed E-state index contributed by atoms with van der Waals surface area (Å²) in [6.45, 7) is 0.0990. The number of amides is 1. The lowest BCUT2D eigenvalue weighted by molar-refractivity contribution is -0.136. The second-order valence-corrected chi connectivity index (χ2v) is 3.30. The van der Waals surface area contributed by atoms with Gasteiger partial charge in [-0.3, -0.25) is 9.59 Å². The molecule has 86 valence electrons. The summed E-state index contributed by atoms with van der Waals surface area (Å²) in [4.78, 5) is 21.5. The minimum atomic E-state index is -0.956. The fraction of sp³-hybridized carbons (Fsp3) is 0.273. The van der Waals surface area contributed by atoms with Crippen molar-refractivity contribution < 1.29 is 19.8 Å². The van der Waals surface area contributed by atoms with Gasteiger partial charge in [0, 0.05) is 12.1 Å². The number of rotatable bonds is 5. The van der Waals surface area contributed by atoms with E-state index in [0.717, 1.165) is 0 Å². The zero-order valence-corrected chi connectivity index (χ0v) is 8.64. The third-order valence-electron chi connectivity index (χ3n) is 2.00. The number of benzene rings is 1. The van der Waals surface area contributed by atoms with E-state index in [-0.39, 0.29) is 31.0 Å². The van der Waals surface area contributed by atoms with Crippen molar-refractivity contribution in [3.63, 3.8) is 0 Å². The SMILES string of the molecule is O=C(O)CCNC(=O)Cc1ccccc1O. The molecule has 1 aromatic rings. The van der Waals surface area contributed by atoms with Gasteiger partial charge in [0.05, 0.1) is 12.8 Å². The van der Waals surface area contributed by atoms with Crippen molar-refractivity contribution in [3.8, 4) is 5.75 Å². The van der Waals surface area contributed by atoms with E-state index in [1.807, 2.05) is 0 Å². The molecule has 0 atom stereocenters. The van der Waals surface area contributed by atoms with Gasteiger partial charge in [-0.1, -0.05) is 18.2 Å². The van der Waals surface area contributed by atoms with Crippen LogP contribution < -0.4 is 5.32 Å². The van der Waals surface area contributed by atoms with Crippen molar-refractivity contribution in [2.24, 2.45) is 0 Å². The van der Waals surface area contributed by atoms with Crippen LogP contribution in [-0.2, 0) is 16.0 Å². The number of carboxylic acids is 1. The number of carboxylic acid groups (broad SMARTS) is 1. The van der Waals surface area contributed by atoms with Gasteiger partial charge in [0.15, 0.2) is 0 Å². The summed E-state index contributed by atoms with van der Waals surface area (Å²) in [6, 6.07) is 6.53. The van der Waals surface area contributed by atoms with Crippen molar-refractivity contribution in [2.75, 3.05) is 6.54 Å². The van der Waals surface area contributed by atoms with Gasteiger partial charge in [0.1, 0.15) is 5.75 Å². The predicted molar refractivity (Wildman–Crippen MR) is 57.1 cm³/mol. The maximum Gasteiger partial charge on any atom is 0.305 e. The van der Waals surface area contributed by atoms with Crippen LogP contribution in [-0.4, -0.2) is 28.6 Å². The molecule has 0 aromatic heterocycles. The third kappa shape index (κ3) is 4.00. The zero-order chi connectivity index (χ0) is 12.0. The molecular formula is C11H13NO4. The first kappa shape index (κ1) is 12.0. The Kier molecular flexibility index (Phi) is 4.32. The van der Waals surface area contributed by atoms with E-state index in [2.05, 4.69) is 5.32 Å². The number of aliphatic carboxylic acids is 1. The minimum absolute atomic E-state index is 0.0479. The van der Waals surface area contributed by atoms with Gasteiger partial charge in [0.2, 0.25) is 5.91 Å². The minimum Gasteiger partial charge on any atom is -0.508 e. The Morgan fingerprint density at radius 1 is 1.25 bits per heavy atom. The molecule has 3 N–H and O–H groups in total. The molecule has 0 bridgehead atoms. The van der Waals surface area contributed by atoms with Crippen molar-refractivity contribution in [1.82, 2.24) is 5.32 Å². The highest BCUT2D eigenvalue weighted by atomic mass is 16.4. The number of aromatic hydroxyl groups is 1. The first-order valence-electron chi connectivity index (χ1n) is 4.85. The smallest absolute Gasteiger partial charge is 0.305 e. The van der Waals surface area contributed by atoms with Gasteiger partial charge in [-0.05, 0) is 6.07 Å². The Labute approximate surface area is 92.7 Å². The van der Waals surface area contributed by atoms with Gasteiger partial charge in [-0.15, -0.1) is 0 Å². The van der Waals surface area contributed by atoms with E-state index in [9.17, 15) is 14.7 Å². The molecule has 16 heavy (non-hydrogen) atoms. The van der Waals surface area contributed by atoms with Gasteiger partial charge < -0.3 is 15.5 Å². The van der Waals surface area contributed by atoms with E-state index in [0.29, 0.717) is 5.56 Å². The van der Waals surface area contributed by atoms with Crippen molar-refractivity contribution in [3.05, 3.63) is 29.8 Å². The fourth-order valence-electron chi connectivity index (χ4n) is 1.20. The lowest BCUT2D eigenvalue weighted by Crippen LogP contribution is -2.27. The van der Waals surface area contributed by atoms with E-state index in [4.69, 9.17) is 5.11 Å². The summed E-state index contributed by atoms with van der Waals surface area (Å²) < 4.78 is 0. The monoisotopic (exact) mass is 223 g/mol. The number of phenols is 1. The van der Waals surface area contributed by atoms with Crippen LogP contribution in [0.1, 0.15) is 12.0 Å². The third-order valence-corrected chi connectivity index (χ3v) is 2.00. The van der Waals surface area contributed by atoms with E-state index < -0.39 is 5.97 Å². The average Bonchev–Trinajstić information content (AvgIpc) is 2.21. The molecule has 0 aliphatic carbocycles. The topological polar surface area (TPSA) is 86.6 Å². The largest absolute Gasteiger partial charge is 0.508 e. The molecule has 5 nitrogen and oxygen atoms in total. The second-order valence-electron chi connectivity index (χ2n) is 3.30. The summed E-state index contributed by atoms with van der Waals surface area (Å²) in [5.74, 6) is -1.19. The Bertz CT molecular complexity index is 389. The van der Waals surface area contributed by atoms with Crippen LogP contribution >= 0.6 is 0 Å². The highest BCUT2D eigenvalue weighted by Crippen LogP contribution is 2.15. The molecule has 0 aliphatic rings. The van der Waals surface area contributed by atoms with Crippen LogP contribution in [0.4, 0.5) is 0 Å². The predicted octanol–water partition coefficient (Wildman–Crippen LogP) is 0.526. The molecule has 5 heteroatoms. The number of hydrogen-bond acceptors (Lipinski definition) is 3. The summed E-state index contributed by atoms with van der Waals surface area (Å²) in [6.07, 6.45) is -0.0567. The van der Waals surface area contributed by atoms with E-state index in [1.54, 1.807) is 18.2 Å². The fourth-order valence-corrected chi connectivity index (χ4v) is 1.20. The Balaban J connectivity index is 2.40.